The summed E-state index contributed by atoms with van der Waals surface area (Å²) in [7, 11) is 0. The summed E-state index contributed by atoms with van der Waals surface area (Å²) < 4.78 is 25.0. The molecule has 27 heavy (non-hydrogen) atoms. The summed E-state index contributed by atoms with van der Waals surface area (Å²) in [6.45, 7) is 6.05. The van der Waals surface area contributed by atoms with E-state index >= 15 is 0 Å². The van der Waals surface area contributed by atoms with Crippen molar-refractivity contribution in [3.8, 4) is 0 Å². The van der Waals surface area contributed by atoms with E-state index in [1.807, 2.05) is 20.8 Å². The second-order valence-corrected chi connectivity index (χ2v) is 8.56. The van der Waals surface area contributed by atoms with Gasteiger partial charge >= 0.3 is 6.09 Å². The number of halogens is 2. The first-order valence-corrected chi connectivity index (χ1v) is 9.99. The molecule has 6 nitrogen and oxygen atoms in total. The number of carbonyl (C=O) groups is 1. The molecule has 1 aromatic heterocycles. The Balaban J connectivity index is 1.67. The van der Waals surface area contributed by atoms with Crippen LogP contribution in [0.25, 0.3) is 0 Å². The Labute approximate surface area is 166 Å². The monoisotopic (exact) mass is 413 g/mol. The number of thioether (sulfide) groups is 1. The van der Waals surface area contributed by atoms with Crippen molar-refractivity contribution in [3.63, 3.8) is 0 Å². The number of nitrogens with zero attached hydrogens (tertiary/aromatic N) is 3. The summed E-state index contributed by atoms with van der Waals surface area (Å²) in [5.74, 6) is 0.259. The average Bonchev–Trinajstić information content (AvgIpc) is 3.21. The summed E-state index contributed by atoms with van der Waals surface area (Å²) in [6.07, 6.45) is 1.17. The van der Waals surface area contributed by atoms with Crippen molar-refractivity contribution in [1.82, 2.24) is 15.1 Å². The number of carbonyl (C=O) groups excluding carboxylic acids is 1. The molecule has 2 aromatic rings. The number of aromatic nitrogens is 2. The molecule has 0 saturated carbocycles. The first kappa shape index (κ1) is 19.9. The van der Waals surface area contributed by atoms with Crippen LogP contribution in [0.15, 0.2) is 27.8 Å². The van der Waals surface area contributed by atoms with E-state index in [1.165, 1.54) is 17.8 Å². The third-order valence-corrected chi connectivity index (χ3v) is 5.19. The van der Waals surface area contributed by atoms with Crippen molar-refractivity contribution in [2.75, 3.05) is 6.54 Å². The van der Waals surface area contributed by atoms with Crippen molar-refractivity contribution < 1.29 is 18.3 Å². The van der Waals surface area contributed by atoms with E-state index in [1.54, 1.807) is 17.0 Å². The Kier molecular flexibility index (Phi) is 5.95. The van der Waals surface area contributed by atoms with Crippen LogP contribution in [-0.4, -0.2) is 33.3 Å². The number of ether oxygens (including phenoxy) is 1. The van der Waals surface area contributed by atoms with Crippen molar-refractivity contribution in [1.29, 1.82) is 0 Å². The summed E-state index contributed by atoms with van der Waals surface area (Å²) in [6, 6.07) is 4.25. The number of amides is 1. The number of hydrogen-bond acceptors (Lipinski definition) is 6. The molecule has 146 valence electrons. The number of likely N-dealkylation sites (tertiary alicyclic amines) is 1. The minimum atomic E-state index is -0.570. The highest BCUT2D eigenvalue weighted by Gasteiger charge is 2.36. The predicted octanol–water partition coefficient (Wildman–Crippen LogP) is 5.23. The molecule has 2 heterocycles. The topological polar surface area (TPSA) is 68.5 Å². The molecule has 3 rings (SSSR count). The van der Waals surface area contributed by atoms with Gasteiger partial charge in [0.05, 0.1) is 0 Å². The Morgan fingerprint density at radius 1 is 1.44 bits per heavy atom. The molecule has 1 fully saturated rings. The van der Waals surface area contributed by atoms with Crippen LogP contribution in [0, 0.1) is 5.82 Å². The fourth-order valence-corrected chi connectivity index (χ4v) is 3.89. The number of hydrogen-bond donors (Lipinski definition) is 0. The quantitative estimate of drug-likeness (QED) is 0.639. The van der Waals surface area contributed by atoms with Crippen LogP contribution in [0.2, 0.25) is 5.02 Å². The van der Waals surface area contributed by atoms with E-state index in [4.69, 9.17) is 20.8 Å². The van der Waals surface area contributed by atoms with Gasteiger partial charge in [0.1, 0.15) is 17.5 Å². The van der Waals surface area contributed by atoms with Crippen LogP contribution in [0.4, 0.5) is 9.18 Å². The molecule has 0 spiro atoms. The van der Waals surface area contributed by atoms with Gasteiger partial charge in [0.15, 0.2) is 0 Å². The van der Waals surface area contributed by atoms with Gasteiger partial charge in [0.2, 0.25) is 5.89 Å². The van der Waals surface area contributed by atoms with Crippen molar-refractivity contribution in [2.24, 2.45) is 0 Å². The lowest BCUT2D eigenvalue weighted by Crippen LogP contribution is -2.36. The second-order valence-electron chi connectivity index (χ2n) is 7.23. The number of rotatable bonds is 4. The molecular weight excluding hydrogens is 393 g/mol. The molecule has 1 amide bonds. The molecule has 0 unspecified atom stereocenters. The van der Waals surface area contributed by atoms with Crippen LogP contribution in [-0.2, 0) is 10.5 Å². The molecule has 1 atom stereocenters. The van der Waals surface area contributed by atoms with Gasteiger partial charge < -0.3 is 9.15 Å². The van der Waals surface area contributed by atoms with E-state index in [-0.39, 0.29) is 17.6 Å². The van der Waals surface area contributed by atoms with Gasteiger partial charge in [0.25, 0.3) is 5.22 Å². The average molecular weight is 414 g/mol. The molecule has 9 heteroatoms. The summed E-state index contributed by atoms with van der Waals surface area (Å²) in [5, 5.41) is 8.74. The van der Waals surface area contributed by atoms with E-state index in [9.17, 15) is 9.18 Å². The molecule has 1 aliphatic heterocycles. The third kappa shape index (κ3) is 4.93. The minimum Gasteiger partial charge on any atom is -0.444 e. The number of benzene rings is 1. The molecule has 1 saturated heterocycles. The molecular formula is C18H21ClFN3O3S. The van der Waals surface area contributed by atoms with Gasteiger partial charge in [-0.05, 0) is 45.7 Å². The van der Waals surface area contributed by atoms with Gasteiger partial charge in [-0.15, -0.1) is 10.2 Å². The first-order chi connectivity index (χ1) is 12.7. The minimum absolute atomic E-state index is 0.271. The zero-order chi connectivity index (χ0) is 19.6. The maximum absolute atomic E-state index is 13.9. The van der Waals surface area contributed by atoms with E-state index in [0.29, 0.717) is 28.2 Å². The van der Waals surface area contributed by atoms with Gasteiger partial charge in [-0.25, -0.2) is 9.18 Å². The maximum atomic E-state index is 13.9. The van der Waals surface area contributed by atoms with Gasteiger partial charge in [-0.2, -0.15) is 0 Å². The maximum Gasteiger partial charge on any atom is 0.410 e. The predicted molar refractivity (Wildman–Crippen MR) is 100 cm³/mol. The standard InChI is InChI=1S/C18H21ClFN3O3S/c1-18(2,3)26-17(24)23-9-5-8-14(23)15-21-22-16(25-15)27-10-11-12(19)6-4-7-13(11)20/h4,6-7,14H,5,8-10H2,1-3H3/t14-/m0/s1. The van der Waals surface area contributed by atoms with Gasteiger partial charge in [-0.3, -0.25) is 4.90 Å². The lowest BCUT2D eigenvalue weighted by atomic mass is 10.2. The van der Waals surface area contributed by atoms with E-state index in [2.05, 4.69) is 10.2 Å². The lowest BCUT2D eigenvalue weighted by Gasteiger charge is -2.27. The first-order valence-electron chi connectivity index (χ1n) is 8.63. The second kappa shape index (κ2) is 8.06. The highest BCUT2D eigenvalue weighted by molar-refractivity contribution is 7.98. The largest absolute Gasteiger partial charge is 0.444 e. The smallest absolute Gasteiger partial charge is 0.410 e. The Morgan fingerprint density at radius 3 is 2.93 bits per heavy atom. The van der Waals surface area contributed by atoms with Crippen LogP contribution in [0.1, 0.15) is 51.1 Å². The zero-order valence-electron chi connectivity index (χ0n) is 15.4. The molecule has 0 aliphatic carbocycles. The highest BCUT2D eigenvalue weighted by atomic mass is 35.5. The summed E-state index contributed by atoms with van der Waals surface area (Å²) >= 11 is 7.23. The van der Waals surface area contributed by atoms with Crippen LogP contribution in [0.5, 0.6) is 0 Å². The van der Waals surface area contributed by atoms with Gasteiger partial charge in [-0.1, -0.05) is 29.4 Å². The van der Waals surface area contributed by atoms with Crippen molar-refractivity contribution >= 4 is 29.5 Å². The summed E-state index contributed by atoms with van der Waals surface area (Å²) in [5.41, 5.74) is -0.181. The molecule has 0 N–H and O–H groups in total. The Hall–Kier alpha value is -1.80. The van der Waals surface area contributed by atoms with Crippen LogP contribution >= 0.6 is 23.4 Å². The third-order valence-electron chi connectivity index (χ3n) is 3.99. The zero-order valence-corrected chi connectivity index (χ0v) is 16.9. The molecule has 1 aliphatic rings. The fourth-order valence-electron chi connectivity index (χ4n) is 2.78. The van der Waals surface area contributed by atoms with Gasteiger partial charge in [0, 0.05) is 22.9 Å². The fraction of sp³-hybridized carbons (Fsp3) is 0.500. The Morgan fingerprint density at radius 2 is 2.22 bits per heavy atom. The lowest BCUT2D eigenvalue weighted by molar-refractivity contribution is 0.0201. The van der Waals surface area contributed by atoms with Crippen LogP contribution < -0.4 is 0 Å². The summed E-state index contributed by atoms with van der Waals surface area (Å²) in [4.78, 5) is 14.0. The molecule has 0 bridgehead atoms. The normalized spacial score (nSPS) is 17.4. The van der Waals surface area contributed by atoms with E-state index < -0.39 is 11.7 Å². The van der Waals surface area contributed by atoms with Crippen LogP contribution in [0.3, 0.4) is 0 Å². The highest BCUT2D eigenvalue weighted by Crippen LogP contribution is 2.34. The van der Waals surface area contributed by atoms with E-state index in [0.717, 1.165) is 12.8 Å². The van der Waals surface area contributed by atoms with Crippen molar-refractivity contribution in [3.05, 3.63) is 40.5 Å². The Bertz CT molecular complexity index is 804. The molecule has 1 aromatic carbocycles. The van der Waals surface area contributed by atoms with Crippen molar-refractivity contribution in [2.45, 2.75) is 56.2 Å². The SMILES string of the molecule is CC(C)(C)OC(=O)N1CCC[C@H]1c1nnc(SCc2c(F)cccc2Cl)o1. The molecule has 0 radical (unpaired) electrons.